The molecule has 144 valence electrons. The number of carbonyl (C=O) groups excluding carboxylic acids is 1. The molecule has 0 heterocycles. The molecule has 0 saturated carbocycles. The van der Waals surface area contributed by atoms with E-state index in [4.69, 9.17) is 4.74 Å². The standard InChI is InChI=1S/C24H36O2/c1-3-5-6-7-8-9-10-11-12-13-14-15-16-17-18-19-20-21-22-24(25)26-23-4-2/h4,13-22H,2-3,5-12,23H2,1H3/b14-13+,16-15+,18-17+,20-19+,22-21+. The van der Waals surface area contributed by atoms with Gasteiger partial charge in [-0.15, -0.1) is 0 Å². The van der Waals surface area contributed by atoms with E-state index in [1.165, 1.54) is 57.4 Å². The van der Waals surface area contributed by atoms with Gasteiger partial charge in [-0.2, -0.15) is 0 Å². The summed E-state index contributed by atoms with van der Waals surface area (Å²) in [6, 6.07) is 0. The van der Waals surface area contributed by atoms with Crippen molar-refractivity contribution in [2.75, 3.05) is 6.61 Å². The molecule has 0 saturated heterocycles. The van der Waals surface area contributed by atoms with E-state index >= 15 is 0 Å². The lowest BCUT2D eigenvalue weighted by atomic mass is 10.1. The van der Waals surface area contributed by atoms with Crippen LogP contribution in [-0.4, -0.2) is 12.6 Å². The van der Waals surface area contributed by atoms with E-state index in [1.54, 1.807) is 18.2 Å². The van der Waals surface area contributed by atoms with Crippen LogP contribution in [0.25, 0.3) is 0 Å². The van der Waals surface area contributed by atoms with Crippen molar-refractivity contribution in [1.82, 2.24) is 0 Å². The third kappa shape index (κ3) is 20.0. The quantitative estimate of drug-likeness (QED) is 0.0975. The Hall–Kier alpha value is -2.09. The zero-order valence-electron chi connectivity index (χ0n) is 16.4. The molecule has 0 unspecified atom stereocenters. The summed E-state index contributed by atoms with van der Waals surface area (Å²) in [5.41, 5.74) is 0. The Morgan fingerprint density at radius 3 is 1.92 bits per heavy atom. The van der Waals surface area contributed by atoms with Crippen molar-refractivity contribution in [3.63, 3.8) is 0 Å². The van der Waals surface area contributed by atoms with E-state index in [0.29, 0.717) is 0 Å². The Kier molecular flexibility index (Phi) is 19.3. The molecular formula is C24H36O2. The fourth-order valence-corrected chi connectivity index (χ4v) is 2.28. The first-order chi connectivity index (χ1) is 12.8. The van der Waals surface area contributed by atoms with Crippen LogP contribution in [0.3, 0.4) is 0 Å². The number of allylic oxidation sites excluding steroid dienone is 9. The number of hydrogen-bond acceptors (Lipinski definition) is 2. The van der Waals surface area contributed by atoms with Crippen molar-refractivity contribution in [3.05, 3.63) is 73.4 Å². The van der Waals surface area contributed by atoms with Gasteiger partial charge in [0.15, 0.2) is 0 Å². The molecule has 0 aliphatic heterocycles. The molecule has 0 fully saturated rings. The molecule has 2 heteroatoms. The maximum absolute atomic E-state index is 11.1. The maximum Gasteiger partial charge on any atom is 0.331 e. The van der Waals surface area contributed by atoms with Crippen LogP contribution in [-0.2, 0) is 9.53 Å². The van der Waals surface area contributed by atoms with Gasteiger partial charge in [0, 0.05) is 6.08 Å². The van der Waals surface area contributed by atoms with Gasteiger partial charge < -0.3 is 4.74 Å². The molecule has 0 amide bonds. The molecule has 0 rings (SSSR count). The van der Waals surface area contributed by atoms with Gasteiger partial charge in [0.25, 0.3) is 0 Å². The second kappa shape index (κ2) is 21.0. The molecular weight excluding hydrogens is 320 g/mol. The summed E-state index contributed by atoms with van der Waals surface area (Å²) in [4.78, 5) is 11.1. The third-order valence-corrected chi connectivity index (χ3v) is 3.71. The first-order valence-corrected chi connectivity index (χ1v) is 9.92. The van der Waals surface area contributed by atoms with Crippen molar-refractivity contribution in [3.8, 4) is 0 Å². The van der Waals surface area contributed by atoms with Gasteiger partial charge in [0.05, 0.1) is 0 Å². The fraction of sp³-hybridized carbons (Fsp3) is 0.458. The lowest BCUT2D eigenvalue weighted by Crippen LogP contribution is -1.99. The maximum atomic E-state index is 11.1. The SMILES string of the molecule is C=CCOC(=O)/C=C/C=C/C=C/C=C/C=C/CCCCCCCCCC. The second-order valence-corrected chi connectivity index (χ2v) is 6.12. The highest BCUT2D eigenvalue weighted by Crippen LogP contribution is 2.09. The van der Waals surface area contributed by atoms with Crippen molar-refractivity contribution in [2.24, 2.45) is 0 Å². The van der Waals surface area contributed by atoms with Crippen LogP contribution in [0.15, 0.2) is 73.4 Å². The van der Waals surface area contributed by atoms with Crippen LogP contribution in [0, 0.1) is 0 Å². The molecule has 2 nitrogen and oxygen atoms in total. The van der Waals surface area contributed by atoms with E-state index < -0.39 is 0 Å². The molecule has 0 radical (unpaired) electrons. The Balaban J connectivity index is 3.58. The summed E-state index contributed by atoms with van der Waals surface area (Å²) in [5.74, 6) is -0.361. The molecule has 0 atom stereocenters. The average Bonchev–Trinajstić information content (AvgIpc) is 2.65. The Labute approximate surface area is 160 Å². The summed E-state index contributed by atoms with van der Waals surface area (Å²) in [6.07, 6.45) is 32.6. The topological polar surface area (TPSA) is 26.3 Å². The molecule has 0 aliphatic rings. The van der Waals surface area contributed by atoms with Crippen molar-refractivity contribution in [1.29, 1.82) is 0 Å². The number of hydrogen-bond donors (Lipinski definition) is 0. The predicted octanol–water partition coefficient (Wildman–Crippen LogP) is 7.03. The minimum Gasteiger partial charge on any atom is -0.458 e. The number of esters is 1. The van der Waals surface area contributed by atoms with Gasteiger partial charge in [-0.05, 0) is 12.8 Å². The zero-order chi connectivity index (χ0) is 19.1. The zero-order valence-corrected chi connectivity index (χ0v) is 16.4. The summed E-state index contributed by atoms with van der Waals surface area (Å²) in [7, 11) is 0. The Morgan fingerprint density at radius 1 is 0.769 bits per heavy atom. The van der Waals surface area contributed by atoms with Crippen LogP contribution in [0.4, 0.5) is 0 Å². The van der Waals surface area contributed by atoms with Gasteiger partial charge in [-0.1, -0.05) is 119 Å². The largest absolute Gasteiger partial charge is 0.458 e. The summed E-state index contributed by atoms with van der Waals surface area (Å²) < 4.78 is 4.81. The first kappa shape index (κ1) is 23.9. The molecule has 0 aromatic carbocycles. The molecule has 0 spiro atoms. The number of ether oxygens (including phenoxy) is 1. The average molecular weight is 357 g/mol. The number of carbonyl (C=O) groups is 1. The predicted molar refractivity (Wildman–Crippen MR) is 114 cm³/mol. The molecule has 0 bridgehead atoms. The minimum absolute atomic E-state index is 0.240. The van der Waals surface area contributed by atoms with Gasteiger partial charge in [0.1, 0.15) is 6.61 Å². The lowest BCUT2D eigenvalue weighted by molar-refractivity contribution is -0.136. The van der Waals surface area contributed by atoms with Crippen LogP contribution < -0.4 is 0 Å². The number of rotatable bonds is 16. The smallest absolute Gasteiger partial charge is 0.331 e. The van der Waals surface area contributed by atoms with Crippen molar-refractivity contribution >= 4 is 5.97 Å². The Bertz CT molecular complexity index is 478. The summed E-state index contributed by atoms with van der Waals surface area (Å²) in [6.45, 7) is 5.98. The van der Waals surface area contributed by atoms with Crippen LogP contribution in [0.1, 0.15) is 64.7 Å². The van der Waals surface area contributed by atoms with Crippen LogP contribution in [0.5, 0.6) is 0 Å². The fourth-order valence-electron chi connectivity index (χ4n) is 2.28. The second-order valence-electron chi connectivity index (χ2n) is 6.12. The monoisotopic (exact) mass is 356 g/mol. The molecule has 0 aromatic rings. The van der Waals surface area contributed by atoms with Crippen molar-refractivity contribution < 1.29 is 9.53 Å². The Morgan fingerprint density at radius 2 is 1.31 bits per heavy atom. The van der Waals surface area contributed by atoms with E-state index in [2.05, 4.69) is 25.7 Å². The highest BCUT2D eigenvalue weighted by atomic mass is 16.5. The molecule has 0 N–H and O–H groups in total. The lowest BCUT2D eigenvalue weighted by Gasteiger charge is -1.99. The first-order valence-electron chi connectivity index (χ1n) is 9.92. The van der Waals surface area contributed by atoms with E-state index in [1.807, 2.05) is 30.4 Å². The van der Waals surface area contributed by atoms with Gasteiger partial charge >= 0.3 is 5.97 Å². The highest BCUT2D eigenvalue weighted by Gasteiger charge is 1.91. The summed E-state index contributed by atoms with van der Waals surface area (Å²) in [5, 5.41) is 0. The van der Waals surface area contributed by atoms with E-state index in [0.717, 1.165) is 6.42 Å². The molecule has 0 aromatic heterocycles. The number of unbranched alkanes of at least 4 members (excludes halogenated alkanes) is 8. The van der Waals surface area contributed by atoms with Gasteiger partial charge in [-0.3, -0.25) is 0 Å². The molecule has 26 heavy (non-hydrogen) atoms. The third-order valence-electron chi connectivity index (χ3n) is 3.71. The van der Waals surface area contributed by atoms with E-state index in [9.17, 15) is 4.79 Å². The highest BCUT2D eigenvalue weighted by molar-refractivity contribution is 5.82. The van der Waals surface area contributed by atoms with Crippen molar-refractivity contribution in [2.45, 2.75) is 64.7 Å². The van der Waals surface area contributed by atoms with Gasteiger partial charge in [0.2, 0.25) is 0 Å². The normalized spacial score (nSPS) is 12.3. The van der Waals surface area contributed by atoms with Crippen LogP contribution in [0.2, 0.25) is 0 Å². The minimum atomic E-state index is -0.361. The van der Waals surface area contributed by atoms with E-state index in [-0.39, 0.29) is 12.6 Å². The summed E-state index contributed by atoms with van der Waals surface area (Å²) >= 11 is 0. The molecule has 0 aliphatic carbocycles. The van der Waals surface area contributed by atoms with Gasteiger partial charge in [-0.25, -0.2) is 4.79 Å². The van der Waals surface area contributed by atoms with Crippen LogP contribution >= 0.6 is 0 Å².